The third-order valence-corrected chi connectivity index (χ3v) is 5.67. The summed E-state index contributed by atoms with van der Waals surface area (Å²) in [6, 6.07) is 27.5. The molecule has 0 radical (unpaired) electrons. The standard InChI is InChI=1S/C28H26N4O3/c1-19(28(35)32(2)25-15-9-7-13-22(25)20-10-4-3-5-11-20)30-26(33)18-29-27(34)24-17-16-21-12-6-8-14-23(21)31-24/h3-17,19H,18H2,1-2H3,(H,29,34)(H,30,33). The Morgan fingerprint density at radius 3 is 2.34 bits per heavy atom. The number of hydrogen-bond acceptors (Lipinski definition) is 4. The number of pyridine rings is 1. The predicted molar refractivity (Wildman–Crippen MR) is 137 cm³/mol. The molecule has 7 heteroatoms. The maximum absolute atomic E-state index is 13.1. The molecule has 1 heterocycles. The fraction of sp³-hybridized carbons (Fsp3) is 0.143. The highest BCUT2D eigenvalue weighted by Crippen LogP contribution is 2.30. The van der Waals surface area contributed by atoms with Crippen molar-refractivity contribution in [2.24, 2.45) is 0 Å². The van der Waals surface area contributed by atoms with Gasteiger partial charge >= 0.3 is 0 Å². The summed E-state index contributed by atoms with van der Waals surface area (Å²) in [4.78, 5) is 43.8. The second-order valence-electron chi connectivity index (χ2n) is 8.14. The topological polar surface area (TPSA) is 91.4 Å². The summed E-state index contributed by atoms with van der Waals surface area (Å²) in [6.07, 6.45) is 0. The van der Waals surface area contributed by atoms with Crippen molar-refractivity contribution in [1.82, 2.24) is 15.6 Å². The molecule has 0 aliphatic rings. The Labute approximate surface area is 203 Å². The number of rotatable bonds is 7. The Bertz CT molecular complexity index is 1370. The van der Waals surface area contributed by atoms with Gasteiger partial charge in [-0.1, -0.05) is 72.8 Å². The molecular formula is C28H26N4O3. The van der Waals surface area contributed by atoms with Gasteiger partial charge < -0.3 is 15.5 Å². The van der Waals surface area contributed by atoms with Gasteiger partial charge in [-0.3, -0.25) is 14.4 Å². The molecule has 3 amide bonds. The fourth-order valence-electron chi connectivity index (χ4n) is 3.83. The Morgan fingerprint density at radius 2 is 1.54 bits per heavy atom. The lowest BCUT2D eigenvalue weighted by atomic mass is 10.0. The van der Waals surface area contributed by atoms with E-state index in [4.69, 9.17) is 0 Å². The van der Waals surface area contributed by atoms with Crippen LogP contribution in [0, 0.1) is 0 Å². The van der Waals surface area contributed by atoms with Gasteiger partial charge in [0.1, 0.15) is 11.7 Å². The summed E-state index contributed by atoms with van der Waals surface area (Å²) in [5.41, 5.74) is 3.56. The van der Waals surface area contributed by atoms with Crippen LogP contribution in [0.4, 0.5) is 5.69 Å². The number of fused-ring (bicyclic) bond motifs is 1. The van der Waals surface area contributed by atoms with Crippen molar-refractivity contribution in [3.8, 4) is 11.1 Å². The average Bonchev–Trinajstić information content (AvgIpc) is 2.91. The van der Waals surface area contributed by atoms with Crippen LogP contribution in [0.2, 0.25) is 0 Å². The number of anilines is 1. The number of carbonyl (C=O) groups is 3. The SMILES string of the molecule is CC(NC(=O)CNC(=O)c1ccc2ccccc2n1)C(=O)N(C)c1ccccc1-c1ccccc1. The molecule has 2 N–H and O–H groups in total. The van der Waals surface area contributed by atoms with Crippen LogP contribution in [0.5, 0.6) is 0 Å². The third-order valence-electron chi connectivity index (χ3n) is 5.67. The van der Waals surface area contributed by atoms with Crippen LogP contribution in [-0.4, -0.2) is 42.3 Å². The molecule has 0 aliphatic heterocycles. The number of para-hydroxylation sites is 2. The van der Waals surface area contributed by atoms with Gasteiger partial charge in [0, 0.05) is 18.0 Å². The summed E-state index contributed by atoms with van der Waals surface area (Å²) in [5, 5.41) is 6.14. The number of nitrogens with zero attached hydrogens (tertiary/aromatic N) is 2. The van der Waals surface area contributed by atoms with Crippen LogP contribution in [0.3, 0.4) is 0 Å². The molecule has 35 heavy (non-hydrogen) atoms. The average molecular weight is 467 g/mol. The molecule has 0 aliphatic carbocycles. The number of carbonyl (C=O) groups excluding carboxylic acids is 3. The van der Waals surface area contributed by atoms with E-state index in [1.54, 1.807) is 26.1 Å². The summed E-state index contributed by atoms with van der Waals surface area (Å²) in [5.74, 6) is -1.20. The minimum atomic E-state index is -0.785. The predicted octanol–water partition coefficient (Wildman–Crippen LogP) is 3.80. The van der Waals surface area contributed by atoms with E-state index in [0.29, 0.717) is 5.52 Å². The second kappa shape index (κ2) is 10.6. The number of benzene rings is 3. The summed E-state index contributed by atoms with van der Waals surface area (Å²) >= 11 is 0. The van der Waals surface area contributed by atoms with Gasteiger partial charge in [-0.15, -0.1) is 0 Å². The molecular weight excluding hydrogens is 440 g/mol. The van der Waals surface area contributed by atoms with E-state index in [1.807, 2.05) is 78.9 Å². The number of amides is 3. The summed E-state index contributed by atoms with van der Waals surface area (Å²) < 4.78 is 0. The van der Waals surface area contributed by atoms with Crippen molar-refractivity contribution < 1.29 is 14.4 Å². The first-order valence-electron chi connectivity index (χ1n) is 11.3. The van der Waals surface area contributed by atoms with Gasteiger partial charge in [-0.2, -0.15) is 0 Å². The largest absolute Gasteiger partial charge is 0.343 e. The molecule has 3 aromatic carbocycles. The molecule has 4 aromatic rings. The van der Waals surface area contributed by atoms with Gasteiger partial charge in [0.15, 0.2) is 0 Å². The van der Waals surface area contributed by atoms with Crippen LogP contribution in [0.15, 0.2) is 91.0 Å². The first kappa shape index (κ1) is 23.6. The van der Waals surface area contributed by atoms with Crippen LogP contribution in [0.25, 0.3) is 22.0 Å². The normalized spacial score (nSPS) is 11.5. The number of aromatic nitrogens is 1. The van der Waals surface area contributed by atoms with Gasteiger partial charge in [-0.05, 0) is 30.7 Å². The first-order valence-corrected chi connectivity index (χ1v) is 11.3. The monoisotopic (exact) mass is 466 g/mol. The van der Waals surface area contributed by atoms with Crippen molar-refractivity contribution in [3.63, 3.8) is 0 Å². The molecule has 1 unspecified atom stereocenters. The van der Waals surface area contributed by atoms with E-state index >= 15 is 0 Å². The molecule has 0 bridgehead atoms. The van der Waals surface area contributed by atoms with Crippen molar-refractivity contribution in [3.05, 3.63) is 96.7 Å². The molecule has 7 nitrogen and oxygen atoms in total. The molecule has 0 saturated heterocycles. The Hall–Kier alpha value is -4.52. The van der Waals surface area contributed by atoms with Crippen molar-refractivity contribution in [2.75, 3.05) is 18.5 Å². The zero-order valence-electron chi connectivity index (χ0n) is 19.6. The zero-order valence-corrected chi connectivity index (χ0v) is 19.6. The van der Waals surface area contributed by atoms with E-state index in [-0.39, 0.29) is 18.1 Å². The molecule has 0 saturated carbocycles. The van der Waals surface area contributed by atoms with Crippen LogP contribution in [0.1, 0.15) is 17.4 Å². The lowest BCUT2D eigenvalue weighted by Crippen LogP contribution is -2.48. The first-order chi connectivity index (χ1) is 16.9. The lowest BCUT2D eigenvalue weighted by Gasteiger charge is -2.24. The Kier molecular flexibility index (Phi) is 7.16. The van der Waals surface area contributed by atoms with Crippen LogP contribution in [-0.2, 0) is 9.59 Å². The molecule has 176 valence electrons. The van der Waals surface area contributed by atoms with Crippen LogP contribution >= 0.6 is 0 Å². The number of hydrogen-bond donors (Lipinski definition) is 2. The Balaban J connectivity index is 1.36. The molecule has 4 rings (SSSR count). The molecule has 0 spiro atoms. The second-order valence-corrected chi connectivity index (χ2v) is 8.14. The van der Waals surface area contributed by atoms with E-state index in [0.717, 1.165) is 22.2 Å². The minimum absolute atomic E-state index is 0.220. The highest BCUT2D eigenvalue weighted by molar-refractivity contribution is 6.02. The quantitative estimate of drug-likeness (QED) is 0.433. The summed E-state index contributed by atoms with van der Waals surface area (Å²) in [6.45, 7) is 1.35. The van der Waals surface area contributed by atoms with Gasteiger partial charge in [0.05, 0.1) is 17.7 Å². The van der Waals surface area contributed by atoms with Crippen LogP contribution < -0.4 is 15.5 Å². The van der Waals surface area contributed by atoms with Gasteiger partial charge in [-0.25, -0.2) is 4.98 Å². The molecule has 0 fully saturated rings. The minimum Gasteiger partial charge on any atom is -0.343 e. The highest BCUT2D eigenvalue weighted by atomic mass is 16.2. The van der Waals surface area contributed by atoms with Crippen molar-refractivity contribution in [2.45, 2.75) is 13.0 Å². The maximum Gasteiger partial charge on any atom is 0.270 e. The van der Waals surface area contributed by atoms with Gasteiger partial charge in [0.2, 0.25) is 11.8 Å². The zero-order chi connectivity index (χ0) is 24.8. The summed E-state index contributed by atoms with van der Waals surface area (Å²) in [7, 11) is 1.68. The molecule has 1 atom stereocenters. The van der Waals surface area contributed by atoms with Crippen molar-refractivity contribution in [1.29, 1.82) is 0 Å². The lowest BCUT2D eigenvalue weighted by molar-refractivity contribution is -0.126. The van der Waals surface area contributed by atoms with E-state index in [2.05, 4.69) is 15.6 Å². The number of likely N-dealkylation sites (N-methyl/N-ethyl adjacent to an activating group) is 1. The van der Waals surface area contributed by atoms with E-state index in [1.165, 1.54) is 4.90 Å². The highest BCUT2D eigenvalue weighted by Gasteiger charge is 2.22. The Morgan fingerprint density at radius 1 is 0.857 bits per heavy atom. The third kappa shape index (κ3) is 5.52. The van der Waals surface area contributed by atoms with E-state index in [9.17, 15) is 14.4 Å². The van der Waals surface area contributed by atoms with Crippen molar-refractivity contribution >= 4 is 34.3 Å². The fourth-order valence-corrected chi connectivity index (χ4v) is 3.83. The molecule has 1 aromatic heterocycles. The maximum atomic E-state index is 13.1. The van der Waals surface area contributed by atoms with E-state index < -0.39 is 17.9 Å². The smallest absolute Gasteiger partial charge is 0.270 e. The number of nitrogens with one attached hydrogen (secondary N) is 2. The van der Waals surface area contributed by atoms with Gasteiger partial charge in [0.25, 0.3) is 5.91 Å².